The summed E-state index contributed by atoms with van der Waals surface area (Å²) in [6.07, 6.45) is 12.3. The summed E-state index contributed by atoms with van der Waals surface area (Å²) in [4.78, 5) is 13.2. The monoisotopic (exact) mass is 243 g/mol. The van der Waals surface area contributed by atoms with Gasteiger partial charge in [0.25, 0.3) is 0 Å². The van der Waals surface area contributed by atoms with Crippen LogP contribution in [0.1, 0.15) is 12.8 Å². The first-order chi connectivity index (χ1) is 7.83. The molecule has 1 amide bonds. The van der Waals surface area contributed by atoms with Crippen LogP contribution >= 0.6 is 11.3 Å². The molecule has 1 aliphatic heterocycles. The van der Waals surface area contributed by atoms with Gasteiger partial charge in [-0.25, -0.2) is 4.98 Å². The Morgan fingerprint density at radius 1 is 1.50 bits per heavy atom. The highest BCUT2D eigenvalue weighted by Gasteiger charge is 1.96. The molecule has 2 rings (SSSR count). The number of rotatable bonds is 2. The van der Waals surface area contributed by atoms with Gasteiger partial charge in [0.15, 0.2) is 10.3 Å². The van der Waals surface area contributed by atoms with Crippen molar-refractivity contribution in [1.29, 1.82) is 0 Å². The van der Waals surface area contributed by atoms with Crippen LogP contribution in [0.5, 0.6) is 0 Å². The number of halogens is 1. The predicted molar refractivity (Wildman–Crippen MR) is 63.8 cm³/mol. The summed E-state index contributed by atoms with van der Waals surface area (Å²) in [5.74, 6) is 0. The lowest BCUT2D eigenvalue weighted by molar-refractivity contribution is -0.105. The van der Waals surface area contributed by atoms with E-state index in [9.17, 15) is 9.18 Å². The van der Waals surface area contributed by atoms with E-state index in [1.54, 1.807) is 0 Å². The molecule has 16 heavy (non-hydrogen) atoms. The molecule has 1 aromatic rings. The Hall–Kier alpha value is -1.45. The van der Waals surface area contributed by atoms with E-state index in [0.717, 1.165) is 17.5 Å². The fourth-order valence-electron chi connectivity index (χ4n) is 0.997. The fraction of sp³-hybridized carbons (Fsp3) is 0.400. The van der Waals surface area contributed by atoms with Crippen molar-refractivity contribution in [2.24, 2.45) is 0 Å². The molecule has 1 aliphatic rings. The van der Waals surface area contributed by atoms with Crippen LogP contribution in [-0.4, -0.2) is 24.5 Å². The largest absolute Gasteiger partial charge is 0.317 e. The molecule has 0 spiro atoms. The van der Waals surface area contributed by atoms with Gasteiger partial charge in [0.05, 0.1) is 6.20 Å². The van der Waals surface area contributed by atoms with E-state index in [0.29, 0.717) is 6.41 Å². The maximum atomic E-state index is 12.1. The summed E-state index contributed by atoms with van der Waals surface area (Å²) in [7, 11) is 0. The molecule has 0 atom stereocenters. The number of anilines is 1. The summed E-state index contributed by atoms with van der Waals surface area (Å²) in [5, 5.41) is 5.31. The van der Waals surface area contributed by atoms with Gasteiger partial charge in [-0.3, -0.25) is 4.79 Å². The second-order valence-corrected chi connectivity index (χ2v) is 3.67. The maximum Gasteiger partial charge on any atom is 0.213 e. The van der Waals surface area contributed by atoms with E-state index in [-0.39, 0.29) is 5.13 Å². The lowest BCUT2D eigenvalue weighted by Crippen LogP contribution is -2.03. The lowest BCUT2D eigenvalue weighted by Gasteiger charge is -1.82. The number of amides is 1. The Labute approximate surface area is 98.3 Å². The molecule has 0 saturated carbocycles. The molecule has 4 nitrogen and oxygen atoms in total. The minimum atomic E-state index is -0.403. The topological polar surface area (TPSA) is 54.0 Å². The highest BCUT2D eigenvalue weighted by molar-refractivity contribution is 7.14. The molecule has 0 radical (unpaired) electrons. The number of hydrogen-bond acceptors (Lipinski definition) is 4. The van der Waals surface area contributed by atoms with Crippen molar-refractivity contribution >= 4 is 22.9 Å². The highest BCUT2D eigenvalue weighted by atomic mass is 32.1. The Morgan fingerprint density at radius 2 is 2.12 bits per heavy atom. The quantitative estimate of drug-likeness (QED) is 0.611. The van der Waals surface area contributed by atoms with Crippen LogP contribution in [0.2, 0.25) is 0 Å². The Kier molecular flexibility index (Phi) is 9.17. The highest BCUT2D eigenvalue weighted by Crippen LogP contribution is 2.14. The SMILES string of the molecule is C#C.C1CCNC1.O=CNc1ncc(F)s1. The van der Waals surface area contributed by atoms with Crippen molar-refractivity contribution in [2.45, 2.75) is 12.8 Å². The van der Waals surface area contributed by atoms with Crippen LogP contribution in [0.3, 0.4) is 0 Å². The number of nitrogens with one attached hydrogen (secondary N) is 2. The second-order valence-electron chi connectivity index (χ2n) is 2.69. The lowest BCUT2D eigenvalue weighted by atomic mass is 10.4. The van der Waals surface area contributed by atoms with Gasteiger partial charge in [0.1, 0.15) is 0 Å². The zero-order valence-electron chi connectivity index (χ0n) is 8.78. The molecule has 0 aliphatic carbocycles. The molecule has 0 unspecified atom stereocenters. The number of thiazole rings is 1. The molecule has 0 aromatic carbocycles. The van der Waals surface area contributed by atoms with Crippen molar-refractivity contribution in [2.75, 3.05) is 18.4 Å². The van der Waals surface area contributed by atoms with E-state index in [2.05, 4.69) is 28.5 Å². The third kappa shape index (κ3) is 6.92. The molecular formula is C10H14FN3OS. The van der Waals surface area contributed by atoms with Crippen molar-refractivity contribution in [3.05, 3.63) is 11.3 Å². The predicted octanol–water partition coefficient (Wildman–Crippen LogP) is 1.47. The molecule has 6 heteroatoms. The van der Waals surface area contributed by atoms with Crippen LogP contribution in [0.4, 0.5) is 9.52 Å². The zero-order chi connectivity index (χ0) is 12.2. The molecule has 1 saturated heterocycles. The van der Waals surface area contributed by atoms with Gasteiger partial charge >= 0.3 is 0 Å². The number of terminal acetylenes is 1. The van der Waals surface area contributed by atoms with E-state index < -0.39 is 5.13 Å². The maximum absolute atomic E-state index is 12.1. The smallest absolute Gasteiger partial charge is 0.213 e. The third-order valence-electron chi connectivity index (χ3n) is 1.62. The molecule has 1 fully saturated rings. The molecule has 2 heterocycles. The summed E-state index contributed by atoms with van der Waals surface area (Å²) in [6, 6.07) is 0. The summed E-state index contributed by atoms with van der Waals surface area (Å²) >= 11 is 0.792. The van der Waals surface area contributed by atoms with Crippen molar-refractivity contribution in [1.82, 2.24) is 10.3 Å². The van der Waals surface area contributed by atoms with Crippen molar-refractivity contribution in [3.63, 3.8) is 0 Å². The normalized spacial score (nSPS) is 12.7. The van der Waals surface area contributed by atoms with Gasteiger partial charge in [0.2, 0.25) is 6.41 Å². The number of carbonyl (C=O) groups is 1. The Bertz CT molecular complexity index is 302. The van der Waals surface area contributed by atoms with Crippen molar-refractivity contribution in [3.8, 4) is 12.8 Å². The van der Waals surface area contributed by atoms with E-state index in [4.69, 9.17) is 0 Å². The van der Waals surface area contributed by atoms with Gasteiger partial charge in [-0.2, -0.15) is 4.39 Å². The Balaban J connectivity index is 0.000000272. The number of hydrogen-bond donors (Lipinski definition) is 2. The van der Waals surface area contributed by atoms with Gasteiger partial charge in [-0.1, -0.05) is 11.3 Å². The fourth-order valence-corrected chi connectivity index (χ4v) is 1.50. The van der Waals surface area contributed by atoms with Crippen LogP contribution in [0, 0.1) is 18.0 Å². The first-order valence-corrected chi connectivity index (χ1v) is 5.50. The number of nitrogens with zero attached hydrogens (tertiary/aromatic N) is 1. The molecular weight excluding hydrogens is 229 g/mol. The van der Waals surface area contributed by atoms with Gasteiger partial charge in [-0.05, 0) is 25.9 Å². The van der Waals surface area contributed by atoms with Crippen LogP contribution in [-0.2, 0) is 4.79 Å². The minimum absolute atomic E-state index is 0.280. The molecule has 1 aromatic heterocycles. The van der Waals surface area contributed by atoms with Crippen LogP contribution < -0.4 is 10.6 Å². The van der Waals surface area contributed by atoms with Gasteiger partial charge in [0, 0.05) is 0 Å². The summed E-state index contributed by atoms with van der Waals surface area (Å²) < 4.78 is 12.1. The average Bonchev–Trinajstić information content (AvgIpc) is 2.96. The van der Waals surface area contributed by atoms with Gasteiger partial charge in [-0.15, -0.1) is 12.8 Å². The van der Waals surface area contributed by atoms with E-state index >= 15 is 0 Å². The standard InChI is InChI=1S/C4H3FN2OS.C4H9N.C2H2/c5-3-1-6-4(9-3)7-2-8;1-2-4-5-3-1;1-2/h1-2H,(H,6,7,8);5H,1-4H2;1-2H. The molecule has 88 valence electrons. The van der Waals surface area contributed by atoms with E-state index in [1.165, 1.54) is 25.9 Å². The van der Waals surface area contributed by atoms with Crippen molar-refractivity contribution < 1.29 is 9.18 Å². The second kappa shape index (κ2) is 10.1. The minimum Gasteiger partial charge on any atom is -0.317 e. The van der Waals surface area contributed by atoms with Crippen LogP contribution in [0.25, 0.3) is 0 Å². The first kappa shape index (κ1) is 14.6. The Morgan fingerprint density at radius 3 is 2.44 bits per heavy atom. The number of aromatic nitrogens is 1. The summed E-state index contributed by atoms with van der Waals surface area (Å²) in [5.41, 5.74) is 0. The average molecular weight is 243 g/mol. The van der Waals surface area contributed by atoms with Gasteiger partial charge < -0.3 is 10.6 Å². The molecule has 2 N–H and O–H groups in total. The summed E-state index contributed by atoms with van der Waals surface area (Å²) in [6.45, 7) is 2.50. The first-order valence-electron chi connectivity index (χ1n) is 4.68. The molecule has 0 bridgehead atoms. The number of carbonyl (C=O) groups excluding carboxylic acids is 1. The third-order valence-corrected chi connectivity index (χ3v) is 2.33. The van der Waals surface area contributed by atoms with Crippen LogP contribution in [0.15, 0.2) is 6.20 Å². The zero-order valence-corrected chi connectivity index (χ0v) is 9.60. The van der Waals surface area contributed by atoms with E-state index in [1.807, 2.05) is 0 Å².